The van der Waals surface area contributed by atoms with Crippen molar-refractivity contribution >= 4 is 23.4 Å². The van der Waals surface area contributed by atoms with Gasteiger partial charge in [0.25, 0.3) is 0 Å². The molecule has 1 N–H and O–H groups in total. The minimum atomic E-state index is -0.131. The number of thioether (sulfide) groups is 1. The van der Waals surface area contributed by atoms with Crippen molar-refractivity contribution in [2.24, 2.45) is 0 Å². The first-order valence-electron chi connectivity index (χ1n) is 8.13. The highest BCUT2D eigenvalue weighted by atomic mass is 32.2. The summed E-state index contributed by atoms with van der Waals surface area (Å²) in [5, 5.41) is 14.6. The zero-order valence-corrected chi connectivity index (χ0v) is 15.8. The Balaban J connectivity index is 1.56. The van der Waals surface area contributed by atoms with Crippen LogP contribution in [0.2, 0.25) is 0 Å². The minimum absolute atomic E-state index is 0.131. The van der Waals surface area contributed by atoms with Gasteiger partial charge in [-0.3, -0.25) is 4.79 Å². The highest BCUT2D eigenvalue weighted by Gasteiger charge is 2.10. The van der Waals surface area contributed by atoms with E-state index in [9.17, 15) is 4.79 Å². The van der Waals surface area contributed by atoms with Crippen LogP contribution in [0.15, 0.2) is 48.5 Å². The standard InChI is InChI=1S/C18H19N5O3S/c1-25-15-8-13(9-16(10-15)26-2)19-18(24)12-27-11-17-20-21-22-23(17)14-6-4-3-5-7-14/h3-10H,11-12H2,1-2H3,(H,19,24). The third kappa shape index (κ3) is 4.98. The van der Waals surface area contributed by atoms with E-state index in [1.807, 2.05) is 30.3 Å². The Hall–Kier alpha value is -3.07. The Labute approximate surface area is 160 Å². The van der Waals surface area contributed by atoms with E-state index in [4.69, 9.17) is 9.47 Å². The Morgan fingerprint density at radius 2 is 1.81 bits per heavy atom. The molecule has 0 bridgehead atoms. The van der Waals surface area contributed by atoms with Crippen molar-refractivity contribution in [3.05, 3.63) is 54.4 Å². The molecule has 1 aromatic heterocycles. The van der Waals surface area contributed by atoms with Crippen LogP contribution in [0.25, 0.3) is 5.69 Å². The molecule has 1 amide bonds. The van der Waals surface area contributed by atoms with Gasteiger partial charge in [-0.1, -0.05) is 18.2 Å². The summed E-state index contributed by atoms with van der Waals surface area (Å²) in [6.45, 7) is 0. The molecule has 3 aromatic rings. The highest BCUT2D eigenvalue weighted by molar-refractivity contribution is 7.99. The van der Waals surface area contributed by atoms with E-state index in [1.165, 1.54) is 11.8 Å². The van der Waals surface area contributed by atoms with Crippen LogP contribution in [0.3, 0.4) is 0 Å². The molecule has 0 saturated heterocycles. The molecule has 0 saturated carbocycles. The highest BCUT2D eigenvalue weighted by Crippen LogP contribution is 2.26. The topological polar surface area (TPSA) is 91.2 Å². The van der Waals surface area contributed by atoms with Gasteiger partial charge in [-0.15, -0.1) is 16.9 Å². The lowest BCUT2D eigenvalue weighted by Crippen LogP contribution is -2.14. The first-order valence-corrected chi connectivity index (χ1v) is 9.28. The van der Waals surface area contributed by atoms with Gasteiger partial charge in [0.2, 0.25) is 5.91 Å². The predicted octanol–water partition coefficient (Wildman–Crippen LogP) is 2.55. The molecule has 0 atom stereocenters. The summed E-state index contributed by atoms with van der Waals surface area (Å²) in [6, 6.07) is 14.8. The number of benzene rings is 2. The Bertz CT molecular complexity index is 879. The number of hydrogen-bond donors (Lipinski definition) is 1. The van der Waals surface area contributed by atoms with Crippen LogP contribution < -0.4 is 14.8 Å². The summed E-state index contributed by atoms with van der Waals surface area (Å²) in [4.78, 5) is 12.2. The second-order valence-electron chi connectivity index (χ2n) is 5.48. The number of carbonyl (C=O) groups excluding carboxylic acids is 1. The zero-order valence-electron chi connectivity index (χ0n) is 15.0. The van der Waals surface area contributed by atoms with E-state index in [0.29, 0.717) is 28.8 Å². The van der Waals surface area contributed by atoms with E-state index < -0.39 is 0 Å². The lowest BCUT2D eigenvalue weighted by molar-refractivity contribution is -0.113. The molecular weight excluding hydrogens is 366 g/mol. The second kappa shape index (κ2) is 9.04. The predicted molar refractivity (Wildman–Crippen MR) is 103 cm³/mol. The van der Waals surface area contributed by atoms with Gasteiger partial charge in [0.15, 0.2) is 5.82 Å². The first kappa shape index (κ1) is 18.7. The maximum Gasteiger partial charge on any atom is 0.234 e. The van der Waals surface area contributed by atoms with E-state index >= 15 is 0 Å². The molecule has 0 aliphatic heterocycles. The average Bonchev–Trinajstić information content (AvgIpc) is 3.16. The Morgan fingerprint density at radius 1 is 1.11 bits per heavy atom. The number of carbonyl (C=O) groups is 1. The van der Waals surface area contributed by atoms with E-state index in [0.717, 1.165) is 5.69 Å². The summed E-state index contributed by atoms with van der Waals surface area (Å²) in [6.07, 6.45) is 0. The van der Waals surface area contributed by atoms with Crippen LogP contribution in [-0.2, 0) is 10.5 Å². The van der Waals surface area contributed by atoms with Gasteiger partial charge >= 0.3 is 0 Å². The average molecular weight is 385 g/mol. The van der Waals surface area contributed by atoms with Gasteiger partial charge in [-0.2, -0.15) is 4.68 Å². The molecule has 0 aliphatic carbocycles. The molecule has 0 spiro atoms. The van der Waals surface area contributed by atoms with Crippen molar-refractivity contribution in [3.8, 4) is 17.2 Å². The monoisotopic (exact) mass is 385 g/mol. The third-order valence-electron chi connectivity index (χ3n) is 3.63. The third-order valence-corrected chi connectivity index (χ3v) is 4.56. The van der Waals surface area contributed by atoms with Crippen molar-refractivity contribution in [2.75, 3.05) is 25.3 Å². The quantitative estimate of drug-likeness (QED) is 0.637. The summed E-state index contributed by atoms with van der Waals surface area (Å²) < 4.78 is 12.1. The van der Waals surface area contributed by atoms with Gasteiger partial charge in [-0.25, -0.2) is 0 Å². The fourth-order valence-electron chi connectivity index (χ4n) is 2.38. The Kier molecular flexibility index (Phi) is 6.26. The van der Waals surface area contributed by atoms with Crippen LogP contribution in [0.1, 0.15) is 5.82 Å². The lowest BCUT2D eigenvalue weighted by Gasteiger charge is -2.10. The number of hydrogen-bond acceptors (Lipinski definition) is 7. The number of methoxy groups -OCH3 is 2. The smallest absolute Gasteiger partial charge is 0.234 e. The number of ether oxygens (including phenoxy) is 2. The fourth-order valence-corrected chi connectivity index (χ4v) is 3.10. The summed E-state index contributed by atoms with van der Waals surface area (Å²) in [7, 11) is 3.13. The number of rotatable bonds is 8. The van der Waals surface area contributed by atoms with Gasteiger partial charge in [-0.05, 0) is 22.6 Å². The van der Waals surface area contributed by atoms with Crippen LogP contribution >= 0.6 is 11.8 Å². The summed E-state index contributed by atoms with van der Waals surface area (Å²) in [5.74, 6) is 2.55. The Morgan fingerprint density at radius 3 is 2.48 bits per heavy atom. The molecule has 140 valence electrons. The normalized spacial score (nSPS) is 10.4. The van der Waals surface area contributed by atoms with Gasteiger partial charge in [0.1, 0.15) is 11.5 Å². The van der Waals surface area contributed by atoms with E-state index in [-0.39, 0.29) is 11.7 Å². The molecule has 9 heteroatoms. The molecule has 0 unspecified atom stereocenters. The molecule has 3 rings (SSSR count). The lowest BCUT2D eigenvalue weighted by atomic mass is 10.2. The van der Waals surface area contributed by atoms with Crippen LogP contribution in [0, 0.1) is 0 Å². The number of tetrazole rings is 1. The van der Waals surface area contributed by atoms with Gasteiger partial charge in [0, 0.05) is 23.9 Å². The molecule has 0 aliphatic rings. The first-order chi connectivity index (χ1) is 13.2. The SMILES string of the molecule is COc1cc(NC(=O)CSCc2nnnn2-c2ccccc2)cc(OC)c1. The van der Waals surface area contributed by atoms with Crippen molar-refractivity contribution in [1.29, 1.82) is 0 Å². The summed E-state index contributed by atoms with van der Waals surface area (Å²) >= 11 is 1.43. The molecule has 0 fully saturated rings. The van der Waals surface area contributed by atoms with E-state index in [1.54, 1.807) is 37.1 Å². The fraction of sp³-hybridized carbons (Fsp3) is 0.222. The van der Waals surface area contributed by atoms with Crippen LogP contribution in [0.4, 0.5) is 5.69 Å². The maximum absolute atomic E-state index is 12.2. The number of anilines is 1. The number of nitrogens with zero attached hydrogens (tertiary/aromatic N) is 4. The maximum atomic E-state index is 12.2. The minimum Gasteiger partial charge on any atom is -0.497 e. The largest absolute Gasteiger partial charge is 0.497 e. The van der Waals surface area contributed by atoms with Crippen molar-refractivity contribution in [3.63, 3.8) is 0 Å². The second-order valence-corrected chi connectivity index (χ2v) is 6.47. The molecule has 8 nitrogen and oxygen atoms in total. The zero-order chi connectivity index (χ0) is 19.1. The number of para-hydroxylation sites is 1. The number of amides is 1. The number of aromatic nitrogens is 4. The molecule has 1 heterocycles. The number of nitrogens with one attached hydrogen (secondary N) is 1. The molecule has 2 aromatic carbocycles. The summed E-state index contributed by atoms with van der Waals surface area (Å²) in [5.41, 5.74) is 1.50. The van der Waals surface area contributed by atoms with Crippen LogP contribution in [0.5, 0.6) is 11.5 Å². The van der Waals surface area contributed by atoms with Gasteiger partial charge < -0.3 is 14.8 Å². The molecular formula is C18H19N5O3S. The van der Waals surface area contributed by atoms with Crippen molar-refractivity contribution < 1.29 is 14.3 Å². The molecule has 27 heavy (non-hydrogen) atoms. The molecule has 0 radical (unpaired) electrons. The van der Waals surface area contributed by atoms with Crippen molar-refractivity contribution in [1.82, 2.24) is 20.2 Å². The van der Waals surface area contributed by atoms with Crippen LogP contribution in [-0.4, -0.2) is 46.1 Å². The van der Waals surface area contributed by atoms with E-state index in [2.05, 4.69) is 20.8 Å². The van der Waals surface area contributed by atoms with Gasteiger partial charge in [0.05, 0.1) is 31.4 Å². The van der Waals surface area contributed by atoms with Crippen molar-refractivity contribution in [2.45, 2.75) is 5.75 Å².